The van der Waals surface area contributed by atoms with E-state index in [1.165, 1.54) is 6.07 Å². The van der Waals surface area contributed by atoms with Gasteiger partial charge in [-0.05, 0) is 44.9 Å². The minimum Gasteiger partial charge on any atom is -0.380 e. The smallest absolute Gasteiger partial charge is 0.380 e. The maximum atomic E-state index is 13.8. The normalized spacial score (nSPS) is 16.6. The van der Waals surface area contributed by atoms with Crippen LogP contribution in [-0.2, 0) is 39.4 Å². The molecule has 1 atom stereocenters. The third kappa shape index (κ3) is 8.20. The van der Waals surface area contributed by atoms with Crippen LogP contribution in [0.3, 0.4) is 0 Å². The average Bonchev–Trinajstić information content (AvgIpc) is 3.51. The lowest BCUT2D eigenvalue weighted by Gasteiger charge is -2.27. The van der Waals surface area contributed by atoms with Crippen molar-refractivity contribution in [2.24, 2.45) is 12.0 Å². The first-order chi connectivity index (χ1) is 18.9. The first kappa shape index (κ1) is 31.9. The third-order valence-electron chi connectivity index (χ3n) is 6.94. The molecule has 0 unspecified atom stereocenters. The SMILES string of the molecule is CCOCCN(CCOCC)c1ccc(C(F)(F)F)cc1C(=O)N=c1cc(C(C)(C)C)n(C)n1C[C@H]1CCCO1. The Morgan fingerprint density at radius 3 is 2.27 bits per heavy atom. The van der Waals surface area contributed by atoms with Gasteiger partial charge in [-0.1, -0.05) is 20.8 Å². The molecule has 40 heavy (non-hydrogen) atoms. The molecule has 1 amide bonds. The highest BCUT2D eigenvalue weighted by atomic mass is 19.4. The number of benzene rings is 1. The van der Waals surface area contributed by atoms with Crippen molar-refractivity contribution in [1.29, 1.82) is 0 Å². The number of halogens is 3. The predicted molar refractivity (Wildman–Crippen MR) is 148 cm³/mol. The van der Waals surface area contributed by atoms with Gasteiger partial charge in [-0.25, -0.2) is 0 Å². The molecule has 0 spiro atoms. The van der Waals surface area contributed by atoms with Crippen molar-refractivity contribution in [2.75, 3.05) is 51.0 Å². The van der Waals surface area contributed by atoms with Crippen LogP contribution in [0.1, 0.15) is 69.1 Å². The Hall–Kier alpha value is -2.63. The summed E-state index contributed by atoms with van der Waals surface area (Å²) in [6, 6.07) is 5.07. The molecule has 0 radical (unpaired) electrons. The van der Waals surface area contributed by atoms with Crippen LogP contribution in [0.2, 0.25) is 0 Å². The number of nitrogens with zero attached hydrogens (tertiary/aromatic N) is 4. The molecule has 2 aromatic rings. The van der Waals surface area contributed by atoms with Crippen LogP contribution in [0.15, 0.2) is 29.3 Å². The van der Waals surface area contributed by atoms with Gasteiger partial charge in [0.1, 0.15) is 0 Å². The van der Waals surface area contributed by atoms with E-state index in [0.717, 1.165) is 30.7 Å². The van der Waals surface area contributed by atoms with Gasteiger partial charge in [-0.15, -0.1) is 0 Å². The van der Waals surface area contributed by atoms with E-state index >= 15 is 0 Å². The molecular formula is C29H43F3N4O4. The minimum absolute atomic E-state index is 0.0211. The Kier molecular flexibility index (Phi) is 11.0. The number of hydrogen-bond acceptors (Lipinski definition) is 5. The fraction of sp³-hybridized carbons (Fsp3) is 0.655. The topological polar surface area (TPSA) is 70.2 Å². The van der Waals surface area contributed by atoms with Crippen LogP contribution >= 0.6 is 0 Å². The zero-order chi connectivity index (χ0) is 29.5. The maximum absolute atomic E-state index is 13.8. The average molecular weight is 569 g/mol. The number of carbonyl (C=O) groups is 1. The molecule has 1 aromatic heterocycles. The largest absolute Gasteiger partial charge is 0.416 e. The summed E-state index contributed by atoms with van der Waals surface area (Å²) >= 11 is 0. The molecule has 3 rings (SSSR count). The summed E-state index contributed by atoms with van der Waals surface area (Å²) in [5.41, 5.74) is 0.412. The molecular weight excluding hydrogens is 525 g/mol. The van der Waals surface area contributed by atoms with Crippen molar-refractivity contribution in [3.05, 3.63) is 46.6 Å². The summed E-state index contributed by atoms with van der Waals surface area (Å²) in [4.78, 5) is 20.0. The monoisotopic (exact) mass is 568 g/mol. The lowest BCUT2D eigenvalue weighted by molar-refractivity contribution is -0.137. The summed E-state index contributed by atoms with van der Waals surface area (Å²) in [7, 11) is 1.90. The molecule has 1 fully saturated rings. The Bertz CT molecular complexity index is 1180. The van der Waals surface area contributed by atoms with Gasteiger partial charge in [0.2, 0.25) is 0 Å². The summed E-state index contributed by atoms with van der Waals surface area (Å²) in [5.74, 6) is -0.744. The van der Waals surface area contributed by atoms with Gasteiger partial charge in [0.05, 0.1) is 37.0 Å². The van der Waals surface area contributed by atoms with Crippen molar-refractivity contribution in [3.63, 3.8) is 0 Å². The van der Waals surface area contributed by atoms with Crippen molar-refractivity contribution in [3.8, 4) is 0 Å². The third-order valence-corrected chi connectivity index (χ3v) is 6.94. The molecule has 0 bridgehead atoms. The van der Waals surface area contributed by atoms with E-state index in [2.05, 4.69) is 25.8 Å². The van der Waals surface area contributed by atoms with Gasteiger partial charge < -0.3 is 19.1 Å². The highest BCUT2D eigenvalue weighted by Gasteiger charge is 2.33. The summed E-state index contributed by atoms with van der Waals surface area (Å²) in [5, 5.41) is 0. The Labute approximate surface area is 234 Å². The molecule has 224 valence electrons. The van der Waals surface area contributed by atoms with E-state index in [1.807, 2.05) is 41.2 Å². The molecule has 0 aliphatic carbocycles. The molecule has 1 aliphatic heterocycles. The van der Waals surface area contributed by atoms with Crippen LogP contribution in [0.4, 0.5) is 18.9 Å². The van der Waals surface area contributed by atoms with Gasteiger partial charge in [0, 0.05) is 62.8 Å². The fourth-order valence-electron chi connectivity index (χ4n) is 4.88. The zero-order valence-electron chi connectivity index (χ0n) is 24.5. The molecule has 0 N–H and O–H groups in total. The first-order valence-electron chi connectivity index (χ1n) is 14.0. The van der Waals surface area contributed by atoms with E-state index < -0.39 is 17.6 Å². The summed E-state index contributed by atoms with van der Waals surface area (Å²) < 4.78 is 61.9. The van der Waals surface area contributed by atoms with Crippen molar-refractivity contribution < 1.29 is 32.2 Å². The van der Waals surface area contributed by atoms with Crippen LogP contribution in [0, 0.1) is 0 Å². The molecule has 1 aliphatic rings. The number of ether oxygens (including phenoxy) is 3. The number of hydrogen-bond donors (Lipinski definition) is 0. The van der Waals surface area contributed by atoms with E-state index in [9.17, 15) is 18.0 Å². The molecule has 8 nitrogen and oxygen atoms in total. The second kappa shape index (κ2) is 13.8. The number of carbonyl (C=O) groups excluding carboxylic acids is 1. The van der Waals surface area contributed by atoms with Gasteiger partial charge in [0.25, 0.3) is 5.91 Å². The number of anilines is 1. The first-order valence-corrected chi connectivity index (χ1v) is 14.0. The second-order valence-corrected chi connectivity index (χ2v) is 10.9. The maximum Gasteiger partial charge on any atom is 0.416 e. The van der Waals surface area contributed by atoms with E-state index in [0.29, 0.717) is 63.8 Å². The summed E-state index contributed by atoms with van der Waals surface area (Å²) in [6.07, 6.45) is -2.78. The van der Waals surface area contributed by atoms with Crippen molar-refractivity contribution in [2.45, 2.75) is 71.7 Å². The number of alkyl halides is 3. The fourth-order valence-corrected chi connectivity index (χ4v) is 4.88. The van der Waals surface area contributed by atoms with E-state index in [4.69, 9.17) is 14.2 Å². The highest BCUT2D eigenvalue weighted by molar-refractivity contribution is 6.00. The van der Waals surface area contributed by atoms with Gasteiger partial charge >= 0.3 is 6.18 Å². The van der Waals surface area contributed by atoms with Crippen LogP contribution in [0.5, 0.6) is 0 Å². The number of amides is 1. The molecule has 2 heterocycles. The molecule has 0 saturated carbocycles. The minimum atomic E-state index is -4.61. The Morgan fingerprint density at radius 1 is 1.10 bits per heavy atom. The van der Waals surface area contributed by atoms with Crippen LogP contribution < -0.4 is 10.4 Å². The van der Waals surface area contributed by atoms with Crippen LogP contribution in [0.25, 0.3) is 0 Å². The highest BCUT2D eigenvalue weighted by Crippen LogP contribution is 2.33. The molecule has 11 heteroatoms. The van der Waals surface area contributed by atoms with Crippen LogP contribution in [-0.4, -0.2) is 67.5 Å². The van der Waals surface area contributed by atoms with Gasteiger partial charge in [-0.2, -0.15) is 18.2 Å². The van der Waals surface area contributed by atoms with Gasteiger partial charge in [0.15, 0.2) is 5.49 Å². The van der Waals surface area contributed by atoms with Gasteiger partial charge in [-0.3, -0.25) is 14.2 Å². The zero-order valence-corrected chi connectivity index (χ0v) is 24.5. The van der Waals surface area contributed by atoms with E-state index in [-0.39, 0.29) is 17.1 Å². The van der Waals surface area contributed by atoms with E-state index in [1.54, 1.807) is 0 Å². The van der Waals surface area contributed by atoms with Crippen molar-refractivity contribution in [1.82, 2.24) is 9.36 Å². The molecule has 1 aromatic carbocycles. The van der Waals surface area contributed by atoms with Crippen molar-refractivity contribution >= 4 is 11.6 Å². The lowest BCUT2D eigenvalue weighted by Crippen LogP contribution is -2.33. The Balaban J connectivity index is 2.13. The number of rotatable bonds is 12. The second-order valence-electron chi connectivity index (χ2n) is 10.9. The molecule has 1 saturated heterocycles. The quantitative estimate of drug-likeness (QED) is 0.339. The summed E-state index contributed by atoms with van der Waals surface area (Å²) in [6.45, 7) is 13.6. The standard InChI is InChI=1S/C29H43F3N4O4/c1-7-38-16-13-35(14-17-39-8-2)24-12-11-21(29(30,31)32)18-23(24)27(37)33-26-19-25(28(3,4)5)34(6)36(26)20-22-10-9-15-40-22/h11-12,18-19,22H,7-10,13-17,20H2,1-6H3/t22-/m1/s1. The lowest BCUT2D eigenvalue weighted by atomic mass is 9.92. The Morgan fingerprint density at radius 2 is 1.75 bits per heavy atom. The number of aromatic nitrogens is 2. The predicted octanol–water partition coefficient (Wildman–Crippen LogP) is 4.94.